The molecule has 25 heavy (non-hydrogen) atoms. The third-order valence-corrected chi connectivity index (χ3v) is 3.40. The molecule has 0 aliphatic carbocycles. The van der Waals surface area contributed by atoms with Gasteiger partial charge in [0.2, 0.25) is 5.91 Å². The van der Waals surface area contributed by atoms with Gasteiger partial charge in [-0.3, -0.25) is 19.6 Å². The molecule has 0 aliphatic heterocycles. The monoisotopic (exact) mass is 348 g/mol. The zero-order chi connectivity index (χ0) is 18.4. The summed E-state index contributed by atoms with van der Waals surface area (Å²) < 4.78 is 6.26. The third kappa shape index (κ3) is 4.77. The van der Waals surface area contributed by atoms with Gasteiger partial charge in [-0.2, -0.15) is 5.10 Å². The largest absolute Gasteiger partial charge is 0.497 e. The standard InChI is InChI=1S/C15H16N4O6/c1-25-12-4-2-10(3-5-12)14(15(21)22)17-13(20)6-7-18-9-11(8-16-18)19(23)24/h2-5,8-9,14H,6-7H2,1H3,(H,17,20)(H,21,22). The van der Waals surface area contributed by atoms with Crippen LogP contribution in [-0.2, 0) is 16.1 Å². The van der Waals surface area contributed by atoms with Gasteiger partial charge in [-0.25, -0.2) is 4.79 Å². The molecule has 0 radical (unpaired) electrons. The zero-order valence-electron chi connectivity index (χ0n) is 13.3. The Morgan fingerprint density at radius 1 is 1.40 bits per heavy atom. The molecule has 10 nitrogen and oxygen atoms in total. The van der Waals surface area contributed by atoms with Gasteiger partial charge < -0.3 is 15.2 Å². The Morgan fingerprint density at radius 3 is 2.60 bits per heavy atom. The van der Waals surface area contributed by atoms with E-state index in [4.69, 9.17) is 4.74 Å². The Balaban J connectivity index is 1.97. The van der Waals surface area contributed by atoms with E-state index in [9.17, 15) is 24.8 Å². The van der Waals surface area contributed by atoms with E-state index in [2.05, 4.69) is 10.4 Å². The molecule has 1 heterocycles. The molecule has 1 unspecified atom stereocenters. The number of rotatable bonds is 8. The van der Waals surface area contributed by atoms with E-state index in [1.165, 1.54) is 18.0 Å². The Morgan fingerprint density at radius 2 is 2.08 bits per heavy atom. The highest BCUT2D eigenvalue weighted by atomic mass is 16.6. The number of aromatic nitrogens is 2. The number of carbonyl (C=O) groups excluding carboxylic acids is 1. The first-order valence-corrected chi connectivity index (χ1v) is 7.23. The number of amides is 1. The summed E-state index contributed by atoms with van der Waals surface area (Å²) in [6, 6.07) is 5.09. The summed E-state index contributed by atoms with van der Waals surface area (Å²) in [5.41, 5.74) is 0.221. The van der Waals surface area contributed by atoms with Gasteiger partial charge in [-0.05, 0) is 17.7 Å². The highest BCUT2D eigenvalue weighted by molar-refractivity contribution is 5.84. The molecule has 2 rings (SSSR count). The fraction of sp³-hybridized carbons (Fsp3) is 0.267. The summed E-state index contributed by atoms with van der Waals surface area (Å²) in [6.07, 6.45) is 2.21. The summed E-state index contributed by atoms with van der Waals surface area (Å²) in [4.78, 5) is 33.4. The van der Waals surface area contributed by atoms with E-state index in [0.29, 0.717) is 11.3 Å². The number of nitrogens with zero attached hydrogens (tertiary/aromatic N) is 3. The normalized spacial score (nSPS) is 11.6. The molecule has 0 aliphatic rings. The minimum absolute atomic E-state index is 0.0707. The molecule has 0 spiro atoms. The summed E-state index contributed by atoms with van der Waals surface area (Å²) in [5, 5.41) is 26.1. The first-order chi connectivity index (χ1) is 11.9. The number of ether oxygens (including phenoxy) is 1. The Bertz CT molecular complexity index is 771. The van der Waals surface area contributed by atoms with Crippen molar-refractivity contribution in [3.8, 4) is 5.75 Å². The van der Waals surface area contributed by atoms with Gasteiger partial charge in [-0.1, -0.05) is 12.1 Å². The van der Waals surface area contributed by atoms with Crippen LogP contribution < -0.4 is 10.1 Å². The highest BCUT2D eigenvalue weighted by Gasteiger charge is 2.22. The molecular formula is C15H16N4O6. The molecule has 1 amide bonds. The summed E-state index contributed by atoms with van der Waals surface area (Å²) in [7, 11) is 1.49. The number of methoxy groups -OCH3 is 1. The van der Waals surface area contributed by atoms with Crippen LogP contribution in [0.5, 0.6) is 5.75 Å². The van der Waals surface area contributed by atoms with Gasteiger partial charge in [0.25, 0.3) is 0 Å². The molecule has 0 saturated heterocycles. The van der Waals surface area contributed by atoms with Crippen LogP contribution in [0.25, 0.3) is 0 Å². The minimum Gasteiger partial charge on any atom is -0.497 e. The summed E-state index contributed by atoms with van der Waals surface area (Å²) in [5.74, 6) is -1.14. The number of nitro groups is 1. The molecule has 2 N–H and O–H groups in total. The molecular weight excluding hydrogens is 332 g/mol. The van der Waals surface area contributed by atoms with Crippen molar-refractivity contribution >= 4 is 17.6 Å². The van der Waals surface area contributed by atoms with Gasteiger partial charge in [0.05, 0.1) is 12.0 Å². The molecule has 0 saturated carbocycles. The number of aliphatic carboxylic acids is 1. The molecule has 0 bridgehead atoms. The fourth-order valence-electron chi connectivity index (χ4n) is 2.10. The lowest BCUT2D eigenvalue weighted by molar-refractivity contribution is -0.385. The number of benzene rings is 1. The summed E-state index contributed by atoms with van der Waals surface area (Å²) in [6.45, 7) is 0.0919. The van der Waals surface area contributed by atoms with E-state index >= 15 is 0 Å². The van der Waals surface area contributed by atoms with Crippen LogP contribution in [0.15, 0.2) is 36.7 Å². The molecule has 2 aromatic rings. The van der Waals surface area contributed by atoms with Crippen molar-refractivity contribution < 1.29 is 24.4 Å². The lowest BCUT2D eigenvalue weighted by Crippen LogP contribution is -2.34. The molecule has 0 fully saturated rings. The quantitative estimate of drug-likeness (QED) is 0.539. The van der Waals surface area contributed by atoms with Crippen molar-refractivity contribution in [3.05, 3.63) is 52.3 Å². The van der Waals surface area contributed by atoms with Crippen molar-refractivity contribution in [2.45, 2.75) is 19.0 Å². The average Bonchev–Trinajstić information content (AvgIpc) is 3.07. The number of hydrogen-bond acceptors (Lipinski definition) is 6. The molecule has 10 heteroatoms. The van der Waals surface area contributed by atoms with E-state index < -0.39 is 22.8 Å². The van der Waals surface area contributed by atoms with Gasteiger partial charge in [0, 0.05) is 13.0 Å². The van der Waals surface area contributed by atoms with Crippen LogP contribution in [0.4, 0.5) is 5.69 Å². The Kier molecular flexibility index (Phi) is 5.66. The number of hydrogen-bond donors (Lipinski definition) is 2. The maximum Gasteiger partial charge on any atom is 0.330 e. The topological polar surface area (TPSA) is 137 Å². The Hall–Kier alpha value is -3.43. The van der Waals surface area contributed by atoms with Crippen molar-refractivity contribution in [1.29, 1.82) is 0 Å². The fourth-order valence-corrected chi connectivity index (χ4v) is 2.10. The second-order valence-electron chi connectivity index (χ2n) is 5.08. The van der Waals surface area contributed by atoms with Crippen molar-refractivity contribution in [2.24, 2.45) is 0 Å². The van der Waals surface area contributed by atoms with Crippen LogP contribution in [0.2, 0.25) is 0 Å². The Labute approximate surface area is 142 Å². The zero-order valence-corrected chi connectivity index (χ0v) is 13.3. The van der Waals surface area contributed by atoms with Gasteiger partial charge in [-0.15, -0.1) is 0 Å². The predicted molar refractivity (Wildman–Crippen MR) is 85.0 cm³/mol. The van der Waals surface area contributed by atoms with E-state index in [1.807, 2.05) is 0 Å². The van der Waals surface area contributed by atoms with Gasteiger partial charge >= 0.3 is 11.7 Å². The second-order valence-corrected chi connectivity index (χ2v) is 5.08. The van der Waals surface area contributed by atoms with Crippen LogP contribution in [0.3, 0.4) is 0 Å². The SMILES string of the molecule is COc1ccc(C(NC(=O)CCn2cc([N+](=O)[O-])cn2)C(=O)O)cc1. The maximum atomic E-state index is 12.0. The van der Waals surface area contributed by atoms with Crippen molar-refractivity contribution in [3.63, 3.8) is 0 Å². The van der Waals surface area contributed by atoms with Crippen LogP contribution in [-0.4, -0.2) is 38.8 Å². The lowest BCUT2D eigenvalue weighted by Gasteiger charge is -2.15. The van der Waals surface area contributed by atoms with Crippen LogP contribution in [0, 0.1) is 10.1 Å². The van der Waals surface area contributed by atoms with Gasteiger partial charge in [0.15, 0.2) is 6.04 Å². The number of carboxylic acids is 1. The van der Waals surface area contributed by atoms with Crippen molar-refractivity contribution in [1.82, 2.24) is 15.1 Å². The van der Waals surface area contributed by atoms with Crippen LogP contribution in [0.1, 0.15) is 18.0 Å². The molecule has 1 aromatic carbocycles. The predicted octanol–water partition coefficient (Wildman–Crippen LogP) is 1.13. The van der Waals surface area contributed by atoms with E-state index in [0.717, 1.165) is 6.20 Å². The van der Waals surface area contributed by atoms with Crippen molar-refractivity contribution in [2.75, 3.05) is 7.11 Å². The third-order valence-electron chi connectivity index (χ3n) is 3.40. The van der Waals surface area contributed by atoms with Crippen LogP contribution >= 0.6 is 0 Å². The first-order valence-electron chi connectivity index (χ1n) is 7.23. The average molecular weight is 348 g/mol. The van der Waals surface area contributed by atoms with E-state index in [1.54, 1.807) is 24.3 Å². The number of nitrogens with one attached hydrogen (secondary N) is 1. The maximum absolute atomic E-state index is 12.0. The molecule has 1 atom stereocenters. The highest BCUT2D eigenvalue weighted by Crippen LogP contribution is 2.18. The second kappa shape index (κ2) is 7.90. The summed E-state index contributed by atoms with van der Waals surface area (Å²) >= 11 is 0. The smallest absolute Gasteiger partial charge is 0.330 e. The van der Waals surface area contributed by atoms with Gasteiger partial charge in [0.1, 0.15) is 18.1 Å². The minimum atomic E-state index is -1.20. The molecule has 1 aromatic heterocycles. The number of carboxylic acid groups (broad SMARTS) is 1. The lowest BCUT2D eigenvalue weighted by atomic mass is 10.1. The first kappa shape index (κ1) is 17.9. The van der Waals surface area contributed by atoms with E-state index in [-0.39, 0.29) is 18.7 Å². The number of carbonyl (C=O) groups is 2. The number of aryl methyl sites for hydroxylation is 1. The molecule has 132 valence electrons.